The Labute approximate surface area is 100 Å². The van der Waals surface area contributed by atoms with Crippen LogP contribution in [-0.4, -0.2) is 25.8 Å². The molecule has 1 atom stereocenters. The van der Waals surface area contributed by atoms with E-state index in [2.05, 4.69) is 11.0 Å². The number of hydrogen-bond donors (Lipinski definition) is 0. The van der Waals surface area contributed by atoms with Crippen molar-refractivity contribution in [3.05, 3.63) is 28.8 Å². The highest BCUT2D eigenvalue weighted by Crippen LogP contribution is 2.25. The Morgan fingerprint density at radius 1 is 1.56 bits per heavy atom. The number of nitriles is 1. The van der Waals surface area contributed by atoms with Crippen molar-refractivity contribution < 1.29 is 4.74 Å². The Hall–Kier alpha value is -1.24. The molecule has 1 aromatic carbocycles. The second kappa shape index (κ2) is 4.73. The number of aryl methyl sites for hydroxylation is 1. The van der Waals surface area contributed by atoms with Gasteiger partial charge in [-0.05, 0) is 24.6 Å². The van der Waals surface area contributed by atoms with E-state index in [0.717, 1.165) is 17.3 Å². The summed E-state index contributed by atoms with van der Waals surface area (Å²) in [6.45, 7) is 4.05. The number of anilines is 1. The molecule has 0 amide bonds. The molecule has 1 unspecified atom stereocenters. The average molecular weight is 237 g/mol. The van der Waals surface area contributed by atoms with Crippen LogP contribution in [0.4, 0.5) is 5.69 Å². The van der Waals surface area contributed by atoms with Crippen LogP contribution in [0.25, 0.3) is 0 Å². The van der Waals surface area contributed by atoms with Gasteiger partial charge in [-0.3, -0.25) is 0 Å². The highest BCUT2D eigenvalue weighted by molar-refractivity contribution is 6.30. The van der Waals surface area contributed by atoms with Gasteiger partial charge in [0.1, 0.15) is 0 Å². The summed E-state index contributed by atoms with van der Waals surface area (Å²) in [4.78, 5) is 2.15. The van der Waals surface area contributed by atoms with Gasteiger partial charge in [-0.2, -0.15) is 5.26 Å². The van der Waals surface area contributed by atoms with Gasteiger partial charge in [0.05, 0.1) is 19.2 Å². The number of benzene rings is 1. The van der Waals surface area contributed by atoms with Crippen LogP contribution >= 0.6 is 11.6 Å². The summed E-state index contributed by atoms with van der Waals surface area (Å²) in [5.74, 6) is 0. The van der Waals surface area contributed by atoms with Gasteiger partial charge in [0.25, 0.3) is 0 Å². The van der Waals surface area contributed by atoms with E-state index in [1.165, 1.54) is 5.56 Å². The number of ether oxygens (including phenoxy) is 1. The molecule has 16 heavy (non-hydrogen) atoms. The lowest BCUT2D eigenvalue weighted by molar-refractivity contribution is 0.0764. The van der Waals surface area contributed by atoms with Crippen LogP contribution in [0, 0.1) is 18.3 Å². The zero-order chi connectivity index (χ0) is 11.5. The molecule has 3 nitrogen and oxygen atoms in total. The fourth-order valence-electron chi connectivity index (χ4n) is 1.87. The number of halogens is 1. The first kappa shape index (κ1) is 11.3. The Morgan fingerprint density at radius 2 is 2.38 bits per heavy atom. The number of rotatable bonds is 1. The predicted molar refractivity (Wildman–Crippen MR) is 63.8 cm³/mol. The Morgan fingerprint density at radius 3 is 3.12 bits per heavy atom. The van der Waals surface area contributed by atoms with Crippen molar-refractivity contribution in [1.82, 2.24) is 0 Å². The molecular formula is C12H13ClN2O. The van der Waals surface area contributed by atoms with Crippen molar-refractivity contribution in [2.24, 2.45) is 0 Å². The van der Waals surface area contributed by atoms with E-state index in [0.29, 0.717) is 13.2 Å². The maximum absolute atomic E-state index is 8.85. The average Bonchev–Trinajstić information content (AvgIpc) is 2.32. The molecule has 2 rings (SSSR count). The molecule has 4 heteroatoms. The summed E-state index contributed by atoms with van der Waals surface area (Å²) < 4.78 is 5.31. The van der Waals surface area contributed by atoms with Crippen molar-refractivity contribution in [3.63, 3.8) is 0 Å². The van der Waals surface area contributed by atoms with Gasteiger partial charge in [0.15, 0.2) is 6.10 Å². The fraction of sp³-hybridized carbons (Fsp3) is 0.417. The minimum atomic E-state index is -0.341. The largest absolute Gasteiger partial charge is 0.365 e. The normalized spacial score (nSPS) is 20.6. The van der Waals surface area contributed by atoms with E-state index < -0.39 is 0 Å². The summed E-state index contributed by atoms with van der Waals surface area (Å²) in [7, 11) is 0. The lowest BCUT2D eigenvalue weighted by atomic mass is 10.1. The van der Waals surface area contributed by atoms with E-state index in [4.69, 9.17) is 21.6 Å². The molecule has 0 spiro atoms. The molecular weight excluding hydrogens is 224 g/mol. The molecule has 0 bridgehead atoms. The van der Waals surface area contributed by atoms with Crippen molar-refractivity contribution in [3.8, 4) is 6.07 Å². The van der Waals surface area contributed by atoms with Gasteiger partial charge in [0, 0.05) is 17.3 Å². The second-order valence-corrected chi connectivity index (χ2v) is 4.30. The topological polar surface area (TPSA) is 36.3 Å². The molecule has 1 saturated heterocycles. The Kier molecular flexibility index (Phi) is 3.33. The molecule has 0 N–H and O–H groups in total. The summed E-state index contributed by atoms with van der Waals surface area (Å²) >= 11 is 5.98. The van der Waals surface area contributed by atoms with E-state index in [1.807, 2.05) is 25.1 Å². The van der Waals surface area contributed by atoms with Gasteiger partial charge in [-0.1, -0.05) is 17.7 Å². The third-order valence-electron chi connectivity index (χ3n) is 2.72. The van der Waals surface area contributed by atoms with Crippen LogP contribution < -0.4 is 4.90 Å². The molecule has 84 valence electrons. The lowest BCUT2D eigenvalue weighted by Gasteiger charge is -2.32. The standard InChI is InChI=1S/C12H13ClN2O/c1-9-2-3-10(13)6-12(9)15-4-5-16-11(7-14)8-15/h2-3,6,11H,4-5,8H2,1H3. The van der Waals surface area contributed by atoms with Gasteiger partial charge >= 0.3 is 0 Å². The summed E-state index contributed by atoms with van der Waals surface area (Å²) in [5, 5.41) is 9.57. The van der Waals surface area contributed by atoms with Gasteiger partial charge in [-0.25, -0.2) is 0 Å². The zero-order valence-electron chi connectivity index (χ0n) is 9.11. The predicted octanol–water partition coefficient (Wildman–Crippen LogP) is 2.38. The zero-order valence-corrected chi connectivity index (χ0v) is 9.87. The van der Waals surface area contributed by atoms with Crippen LogP contribution in [-0.2, 0) is 4.74 Å². The minimum absolute atomic E-state index is 0.341. The lowest BCUT2D eigenvalue weighted by Crippen LogP contribution is -2.42. The fourth-order valence-corrected chi connectivity index (χ4v) is 2.04. The Bertz CT molecular complexity index is 428. The smallest absolute Gasteiger partial charge is 0.161 e. The first-order valence-corrected chi connectivity index (χ1v) is 5.61. The first-order chi connectivity index (χ1) is 7.70. The molecule has 0 aliphatic carbocycles. The van der Waals surface area contributed by atoms with Gasteiger partial charge < -0.3 is 9.64 Å². The molecule has 1 fully saturated rings. The van der Waals surface area contributed by atoms with E-state index in [1.54, 1.807) is 0 Å². The van der Waals surface area contributed by atoms with Crippen molar-refractivity contribution >= 4 is 17.3 Å². The third kappa shape index (κ3) is 2.29. The first-order valence-electron chi connectivity index (χ1n) is 5.23. The maximum atomic E-state index is 8.85. The van der Waals surface area contributed by atoms with E-state index in [9.17, 15) is 0 Å². The minimum Gasteiger partial charge on any atom is -0.365 e. The molecule has 0 saturated carbocycles. The van der Waals surface area contributed by atoms with E-state index in [-0.39, 0.29) is 6.10 Å². The van der Waals surface area contributed by atoms with E-state index >= 15 is 0 Å². The van der Waals surface area contributed by atoms with Crippen LogP contribution in [0.5, 0.6) is 0 Å². The highest BCUT2D eigenvalue weighted by atomic mass is 35.5. The van der Waals surface area contributed by atoms with Gasteiger partial charge in [-0.15, -0.1) is 0 Å². The van der Waals surface area contributed by atoms with Crippen molar-refractivity contribution in [1.29, 1.82) is 5.26 Å². The maximum Gasteiger partial charge on any atom is 0.161 e. The molecule has 0 aromatic heterocycles. The monoisotopic (exact) mass is 236 g/mol. The van der Waals surface area contributed by atoms with Crippen LogP contribution in [0.2, 0.25) is 5.02 Å². The summed E-state index contributed by atoms with van der Waals surface area (Å²) in [6, 6.07) is 7.95. The van der Waals surface area contributed by atoms with Crippen molar-refractivity contribution in [2.75, 3.05) is 24.6 Å². The van der Waals surface area contributed by atoms with Crippen LogP contribution in [0.3, 0.4) is 0 Å². The molecule has 0 radical (unpaired) electrons. The molecule has 1 aliphatic heterocycles. The Balaban J connectivity index is 2.23. The molecule has 1 heterocycles. The molecule has 1 aliphatic rings. The van der Waals surface area contributed by atoms with Crippen molar-refractivity contribution in [2.45, 2.75) is 13.0 Å². The number of hydrogen-bond acceptors (Lipinski definition) is 3. The number of morpholine rings is 1. The SMILES string of the molecule is Cc1ccc(Cl)cc1N1CCOC(C#N)C1. The third-order valence-corrected chi connectivity index (χ3v) is 2.96. The highest BCUT2D eigenvalue weighted by Gasteiger charge is 2.21. The quantitative estimate of drug-likeness (QED) is 0.751. The summed E-state index contributed by atoms with van der Waals surface area (Å²) in [5.41, 5.74) is 2.26. The molecule has 1 aromatic rings. The van der Waals surface area contributed by atoms with Gasteiger partial charge in [0.2, 0.25) is 0 Å². The second-order valence-electron chi connectivity index (χ2n) is 3.87. The number of nitrogens with zero attached hydrogens (tertiary/aromatic N) is 2. The van der Waals surface area contributed by atoms with Crippen LogP contribution in [0.1, 0.15) is 5.56 Å². The van der Waals surface area contributed by atoms with Crippen LogP contribution in [0.15, 0.2) is 18.2 Å². The summed E-state index contributed by atoms with van der Waals surface area (Å²) in [6.07, 6.45) is -0.341.